The van der Waals surface area contributed by atoms with E-state index in [1.165, 1.54) is 27.5 Å². The highest BCUT2D eigenvalue weighted by Crippen LogP contribution is 2.17. The van der Waals surface area contributed by atoms with E-state index in [-0.39, 0.29) is 22.3 Å². The predicted molar refractivity (Wildman–Crippen MR) is 204 cm³/mol. The molecule has 5 rings (SSSR count). The Kier molecular flexibility index (Phi) is 50.9. The van der Waals surface area contributed by atoms with Gasteiger partial charge in [0.25, 0.3) is 0 Å². The Morgan fingerprint density at radius 1 is 0.262 bits per heavy atom. The van der Waals surface area contributed by atoms with E-state index >= 15 is 0 Å². The second kappa shape index (κ2) is 41.8. The van der Waals surface area contributed by atoms with Crippen molar-refractivity contribution in [1.29, 1.82) is 0 Å². The topological polar surface area (TPSA) is 0 Å². The summed E-state index contributed by atoms with van der Waals surface area (Å²) in [6, 6.07) is 47.8. The predicted octanol–water partition coefficient (Wildman–Crippen LogP) is 15.2. The molecule has 0 saturated heterocycles. The highest BCUT2D eigenvalue weighted by Gasteiger charge is 1.91. The molecular weight excluding hydrogens is 504 g/mol. The Morgan fingerprint density at radius 2 is 0.452 bits per heavy atom. The lowest BCUT2D eigenvalue weighted by molar-refractivity contribution is 1.48. The minimum absolute atomic E-state index is 0. The van der Waals surface area contributed by atoms with Crippen molar-refractivity contribution < 1.29 is 0 Å². The zero-order chi connectivity index (χ0) is 30.2. The molecule has 0 fully saturated rings. The molecule has 0 aliphatic rings. The lowest BCUT2D eigenvalue weighted by Gasteiger charge is -1.98. The van der Waals surface area contributed by atoms with Gasteiger partial charge in [-0.2, -0.15) is 0 Å². The van der Waals surface area contributed by atoms with E-state index in [9.17, 15) is 0 Å². The maximum Gasteiger partial charge on any atom is -0.0184 e. The molecule has 0 unspecified atom stereocenters. The monoisotopic (exact) mass is 573 g/mol. The first-order valence-electron chi connectivity index (χ1n) is 14.9. The van der Waals surface area contributed by atoms with Gasteiger partial charge in [-0.3, -0.25) is 0 Å². The van der Waals surface area contributed by atoms with Crippen LogP contribution in [0.1, 0.15) is 97.1 Å². The van der Waals surface area contributed by atoms with Gasteiger partial charge in [0, 0.05) is 0 Å². The zero-order valence-electron chi connectivity index (χ0n) is 26.8. The highest BCUT2D eigenvalue weighted by molar-refractivity contribution is 5.82. The Bertz CT molecular complexity index is 979. The van der Waals surface area contributed by atoms with Gasteiger partial charge in [0.1, 0.15) is 0 Å². The second-order valence-electron chi connectivity index (χ2n) is 6.73. The summed E-state index contributed by atoms with van der Waals surface area (Å²) < 4.78 is 0. The molecule has 0 aromatic heterocycles. The molecule has 0 N–H and O–H groups in total. The maximum atomic E-state index is 2.12. The fraction of sp³-hybridized carbons (Fsp3) is 0.333. The van der Waals surface area contributed by atoms with E-state index < -0.39 is 0 Å². The highest BCUT2D eigenvalue weighted by atomic mass is 14.0. The van der Waals surface area contributed by atoms with Crippen molar-refractivity contribution in [2.24, 2.45) is 0 Å². The van der Waals surface area contributed by atoms with Crippen LogP contribution in [0.4, 0.5) is 0 Å². The van der Waals surface area contributed by atoms with Gasteiger partial charge in [0.15, 0.2) is 0 Å². The van der Waals surface area contributed by atoms with Crippen molar-refractivity contribution in [2.45, 2.75) is 98.4 Å². The fourth-order valence-electron chi connectivity index (χ4n) is 2.93. The van der Waals surface area contributed by atoms with E-state index in [0.717, 1.165) is 0 Å². The number of benzene rings is 5. The second-order valence-corrected chi connectivity index (χ2v) is 6.73. The number of hydrogen-bond donors (Lipinski definition) is 0. The summed E-state index contributed by atoms with van der Waals surface area (Å²) in [6.07, 6.45) is 0. The first-order valence-corrected chi connectivity index (χ1v) is 14.9. The molecule has 0 nitrogen and oxygen atoms in total. The number of hydrogen-bond acceptors (Lipinski definition) is 0. The Hall–Kier alpha value is -3.64. The molecule has 0 amide bonds. The Labute approximate surface area is 264 Å². The lowest BCUT2D eigenvalue weighted by Crippen LogP contribution is -1.73. The first kappa shape index (κ1) is 51.1. The molecular formula is C42H68. The molecule has 5 aromatic carbocycles. The smallest absolute Gasteiger partial charge is 0.0184 e. The normalized spacial score (nSPS) is 7.31. The summed E-state index contributed by atoms with van der Waals surface area (Å²) in [5, 5.41) is 2.62. The SMILES string of the molecule is C.C.C.CC.CC.CC.CC.CC.Cc1ccccc1.c1ccc(-c2ccccc2)cc1.c1ccc2ccccc2c1. The largest absolute Gasteiger partial charge is 0.0776 e. The van der Waals surface area contributed by atoms with E-state index in [1.807, 2.05) is 99.6 Å². The van der Waals surface area contributed by atoms with E-state index in [2.05, 4.69) is 116 Å². The van der Waals surface area contributed by atoms with Crippen LogP contribution in [-0.4, -0.2) is 0 Å². The van der Waals surface area contributed by atoms with Crippen molar-refractivity contribution in [3.8, 4) is 11.1 Å². The fourth-order valence-corrected chi connectivity index (χ4v) is 2.93. The maximum absolute atomic E-state index is 2.12. The van der Waals surface area contributed by atoms with E-state index in [0.29, 0.717) is 0 Å². The molecule has 42 heavy (non-hydrogen) atoms. The molecule has 0 heterocycles. The summed E-state index contributed by atoms with van der Waals surface area (Å²) in [5.74, 6) is 0. The van der Waals surface area contributed by atoms with Crippen molar-refractivity contribution in [3.63, 3.8) is 0 Å². The van der Waals surface area contributed by atoms with E-state index in [4.69, 9.17) is 0 Å². The standard InChI is InChI=1S/C12H10.C10H8.C7H8.5C2H6.3CH4/c1-3-7-11(8-4-1)12-9-5-2-6-10-12;1-2-6-10-8-4-3-7-9(10)5-1;1-7-5-3-2-4-6-7;5*1-2;;;/h1-10H;1-8H;2-6H,1H3;5*1-2H3;3*1H4. The van der Waals surface area contributed by atoms with Crippen molar-refractivity contribution >= 4 is 10.8 Å². The third kappa shape index (κ3) is 25.3. The van der Waals surface area contributed by atoms with E-state index in [1.54, 1.807) is 0 Å². The minimum Gasteiger partial charge on any atom is -0.0776 e. The summed E-state index contributed by atoms with van der Waals surface area (Å²) in [4.78, 5) is 0. The Balaban J connectivity index is -0.0000000992. The summed E-state index contributed by atoms with van der Waals surface area (Å²) >= 11 is 0. The third-order valence-electron chi connectivity index (χ3n) is 4.48. The van der Waals surface area contributed by atoms with Gasteiger partial charge in [-0.15, -0.1) is 0 Å². The number of aryl methyl sites for hydroxylation is 1. The van der Waals surface area contributed by atoms with Crippen LogP contribution < -0.4 is 0 Å². The van der Waals surface area contributed by atoms with Crippen LogP contribution in [-0.2, 0) is 0 Å². The molecule has 0 radical (unpaired) electrons. The van der Waals surface area contributed by atoms with Gasteiger partial charge in [-0.1, -0.05) is 237 Å². The quantitative estimate of drug-likeness (QED) is 0.187. The van der Waals surface area contributed by atoms with Crippen LogP contribution in [0.15, 0.2) is 140 Å². The van der Waals surface area contributed by atoms with Gasteiger partial charge >= 0.3 is 0 Å². The molecule has 0 bridgehead atoms. The van der Waals surface area contributed by atoms with Crippen LogP contribution in [0.2, 0.25) is 0 Å². The average Bonchev–Trinajstić information content (AvgIpc) is 3.08. The van der Waals surface area contributed by atoms with Crippen LogP contribution in [0.25, 0.3) is 21.9 Å². The van der Waals surface area contributed by atoms with Crippen molar-refractivity contribution in [3.05, 3.63) is 145 Å². The first-order chi connectivity index (χ1) is 19.3. The summed E-state index contributed by atoms with van der Waals surface area (Å²) in [5.41, 5.74) is 3.87. The number of rotatable bonds is 1. The average molecular weight is 573 g/mol. The van der Waals surface area contributed by atoms with Gasteiger partial charge in [-0.05, 0) is 28.8 Å². The van der Waals surface area contributed by atoms with Gasteiger partial charge in [0.2, 0.25) is 0 Å². The molecule has 0 atom stereocenters. The van der Waals surface area contributed by atoms with Crippen LogP contribution in [0.3, 0.4) is 0 Å². The van der Waals surface area contributed by atoms with Crippen LogP contribution in [0, 0.1) is 6.92 Å². The minimum atomic E-state index is 0. The van der Waals surface area contributed by atoms with Crippen molar-refractivity contribution in [2.75, 3.05) is 0 Å². The molecule has 0 aliphatic carbocycles. The zero-order valence-corrected chi connectivity index (χ0v) is 26.8. The van der Waals surface area contributed by atoms with Gasteiger partial charge in [-0.25, -0.2) is 0 Å². The molecule has 0 heteroatoms. The molecule has 5 aromatic rings. The summed E-state index contributed by atoms with van der Waals surface area (Å²) in [6.45, 7) is 22.1. The lowest BCUT2D eigenvalue weighted by atomic mass is 10.1. The van der Waals surface area contributed by atoms with Crippen LogP contribution in [0.5, 0.6) is 0 Å². The Morgan fingerprint density at radius 3 is 0.643 bits per heavy atom. The summed E-state index contributed by atoms with van der Waals surface area (Å²) in [7, 11) is 0. The molecule has 0 spiro atoms. The molecule has 0 saturated carbocycles. The third-order valence-corrected chi connectivity index (χ3v) is 4.48. The number of fused-ring (bicyclic) bond motifs is 1. The van der Waals surface area contributed by atoms with Gasteiger partial charge < -0.3 is 0 Å². The molecule has 236 valence electrons. The van der Waals surface area contributed by atoms with Crippen molar-refractivity contribution in [1.82, 2.24) is 0 Å². The van der Waals surface area contributed by atoms with Crippen LogP contribution >= 0.6 is 0 Å². The molecule has 0 aliphatic heterocycles. The van der Waals surface area contributed by atoms with Gasteiger partial charge in [0.05, 0.1) is 0 Å².